The van der Waals surface area contributed by atoms with Crippen LogP contribution in [0.25, 0.3) is 0 Å². The molecule has 0 atom stereocenters. The number of nitrogens with zero attached hydrogens (tertiary/aromatic N) is 3. The monoisotopic (exact) mass is 250 g/mol. The third kappa shape index (κ3) is 2.15. The molecule has 1 heterocycles. The van der Waals surface area contributed by atoms with E-state index >= 15 is 0 Å². The van der Waals surface area contributed by atoms with E-state index in [1.807, 2.05) is 0 Å². The molecule has 1 aromatic carbocycles. The summed E-state index contributed by atoms with van der Waals surface area (Å²) in [5.74, 6) is -1.16. The summed E-state index contributed by atoms with van der Waals surface area (Å²) in [5.41, 5.74) is 5.13. The van der Waals surface area contributed by atoms with Crippen LogP contribution in [0.4, 0.5) is 4.39 Å². The summed E-state index contributed by atoms with van der Waals surface area (Å²) in [6, 6.07) is 3.75. The van der Waals surface area contributed by atoms with Crippen LogP contribution in [0.2, 0.25) is 0 Å². The molecule has 1 amide bonds. The second-order valence-corrected chi connectivity index (χ2v) is 3.85. The van der Waals surface area contributed by atoms with Crippen LogP contribution >= 0.6 is 0 Å². The van der Waals surface area contributed by atoms with Gasteiger partial charge in [0.2, 0.25) is 5.91 Å². The van der Waals surface area contributed by atoms with Crippen molar-refractivity contribution in [3.05, 3.63) is 52.0 Å². The first-order chi connectivity index (χ1) is 8.49. The number of aromatic nitrogens is 3. The highest BCUT2D eigenvalue weighted by molar-refractivity contribution is 5.92. The van der Waals surface area contributed by atoms with Crippen LogP contribution in [0.1, 0.15) is 15.9 Å². The highest BCUT2D eigenvalue weighted by atomic mass is 19.1. The van der Waals surface area contributed by atoms with E-state index in [-0.39, 0.29) is 23.4 Å². The molecule has 0 spiro atoms. The van der Waals surface area contributed by atoms with Gasteiger partial charge in [-0.05, 0) is 18.2 Å². The van der Waals surface area contributed by atoms with E-state index in [9.17, 15) is 14.0 Å². The van der Waals surface area contributed by atoms with E-state index in [0.29, 0.717) is 0 Å². The Hall–Kier alpha value is -2.44. The summed E-state index contributed by atoms with van der Waals surface area (Å²) >= 11 is 0. The number of carbonyl (C=O) groups excluding carboxylic acids is 1. The number of rotatable bonds is 3. The lowest BCUT2D eigenvalue weighted by atomic mass is 10.1. The number of benzene rings is 1. The highest BCUT2D eigenvalue weighted by Crippen LogP contribution is 2.11. The van der Waals surface area contributed by atoms with Crippen LogP contribution in [0.5, 0.6) is 0 Å². The largest absolute Gasteiger partial charge is 0.366 e. The molecular formula is C11H11FN4O2. The van der Waals surface area contributed by atoms with Gasteiger partial charge in [-0.2, -0.15) is 5.10 Å². The summed E-state index contributed by atoms with van der Waals surface area (Å²) < 4.78 is 15.9. The lowest BCUT2D eigenvalue weighted by molar-refractivity contribution is 0.1000. The van der Waals surface area contributed by atoms with Gasteiger partial charge in [0.1, 0.15) is 12.1 Å². The van der Waals surface area contributed by atoms with Gasteiger partial charge < -0.3 is 5.73 Å². The number of halogens is 1. The molecule has 94 valence electrons. The maximum Gasteiger partial charge on any atom is 0.345 e. The number of hydrogen-bond acceptors (Lipinski definition) is 3. The quantitative estimate of drug-likeness (QED) is 0.823. The van der Waals surface area contributed by atoms with Gasteiger partial charge in [0.15, 0.2) is 0 Å². The fourth-order valence-corrected chi connectivity index (χ4v) is 1.54. The van der Waals surface area contributed by atoms with Gasteiger partial charge in [-0.15, -0.1) is 0 Å². The summed E-state index contributed by atoms with van der Waals surface area (Å²) in [7, 11) is 1.54. The molecular weight excluding hydrogens is 239 g/mol. The second-order valence-electron chi connectivity index (χ2n) is 3.85. The molecule has 0 fully saturated rings. The number of amides is 1. The normalized spacial score (nSPS) is 10.6. The molecule has 0 saturated carbocycles. The Morgan fingerprint density at radius 1 is 1.50 bits per heavy atom. The predicted octanol–water partition coefficient (Wildman–Crippen LogP) is -0.132. The van der Waals surface area contributed by atoms with Crippen molar-refractivity contribution in [3.63, 3.8) is 0 Å². The Labute approximate surface area is 101 Å². The Balaban J connectivity index is 2.39. The SMILES string of the molecule is Cn1cnn(Cc2cc(C(N)=O)ccc2F)c1=O. The number of aryl methyl sites for hydroxylation is 1. The highest BCUT2D eigenvalue weighted by Gasteiger charge is 2.10. The molecule has 2 N–H and O–H groups in total. The van der Waals surface area contributed by atoms with E-state index < -0.39 is 11.7 Å². The Kier molecular flexibility index (Phi) is 2.97. The Morgan fingerprint density at radius 2 is 2.22 bits per heavy atom. The van der Waals surface area contributed by atoms with E-state index in [4.69, 9.17) is 5.73 Å². The third-order valence-corrected chi connectivity index (χ3v) is 2.54. The predicted molar refractivity (Wildman–Crippen MR) is 61.5 cm³/mol. The van der Waals surface area contributed by atoms with Crippen molar-refractivity contribution >= 4 is 5.91 Å². The number of nitrogens with two attached hydrogens (primary N) is 1. The molecule has 2 rings (SSSR count). The zero-order chi connectivity index (χ0) is 13.3. The van der Waals surface area contributed by atoms with Crippen molar-refractivity contribution in [2.75, 3.05) is 0 Å². The zero-order valence-corrected chi connectivity index (χ0v) is 9.63. The smallest absolute Gasteiger partial charge is 0.345 e. The van der Waals surface area contributed by atoms with Crippen molar-refractivity contribution in [2.45, 2.75) is 6.54 Å². The maximum atomic E-state index is 13.6. The van der Waals surface area contributed by atoms with Crippen LogP contribution in [-0.4, -0.2) is 20.3 Å². The molecule has 2 aromatic rings. The summed E-state index contributed by atoms with van der Waals surface area (Å²) in [4.78, 5) is 22.6. The van der Waals surface area contributed by atoms with Crippen LogP contribution < -0.4 is 11.4 Å². The minimum atomic E-state index is -0.649. The van der Waals surface area contributed by atoms with E-state index in [1.165, 1.54) is 23.0 Å². The first-order valence-electron chi connectivity index (χ1n) is 5.15. The van der Waals surface area contributed by atoms with Crippen LogP contribution in [-0.2, 0) is 13.6 Å². The van der Waals surface area contributed by atoms with Gasteiger partial charge in [0.05, 0.1) is 6.54 Å². The first kappa shape index (κ1) is 12.0. The van der Waals surface area contributed by atoms with Crippen LogP contribution in [0, 0.1) is 5.82 Å². The molecule has 0 saturated heterocycles. The van der Waals surface area contributed by atoms with E-state index in [1.54, 1.807) is 7.05 Å². The van der Waals surface area contributed by atoms with Crippen molar-refractivity contribution in [1.29, 1.82) is 0 Å². The topological polar surface area (TPSA) is 82.9 Å². The molecule has 0 unspecified atom stereocenters. The molecule has 0 radical (unpaired) electrons. The van der Waals surface area contributed by atoms with Gasteiger partial charge in [-0.3, -0.25) is 9.36 Å². The number of primary amides is 1. The Bertz CT molecular complexity index is 659. The molecule has 1 aromatic heterocycles. The fraction of sp³-hybridized carbons (Fsp3) is 0.182. The summed E-state index contributed by atoms with van der Waals surface area (Å²) in [6.07, 6.45) is 1.33. The minimum absolute atomic E-state index is 0.0490. The second kappa shape index (κ2) is 4.44. The lowest BCUT2D eigenvalue weighted by Crippen LogP contribution is -2.24. The molecule has 18 heavy (non-hydrogen) atoms. The van der Waals surface area contributed by atoms with Gasteiger partial charge in [0.25, 0.3) is 0 Å². The van der Waals surface area contributed by atoms with Crippen LogP contribution in [0.15, 0.2) is 29.3 Å². The fourth-order valence-electron chi connectivity index (χ4n) is 1.54. The minimum Gasteiger partial charge on any atom is -0.366 e. The number of carbonyl (C=O) groups is 1. The molecule has 0 aliphatic carbocycles. The lowest BCUT2D eigenvalue weighted by Gasteiger charge is -2.04. The maximum absolute atomic E-state index is 13.6. The van der Waals surface area contributed by atoms with Gasteiger partial charge in [-0.1, -0.05) is 0 Å². The van der Waals surface area contributed by atoms with E-state index in [0.717, 1.165) is 10.7 Å². The third-order valence-electron chi connectivity index (χ3n) is 2.54. The molecule has 0 bridgehead atoms. The molecule has 6 nitrogen and oxygen atoms in total. The molecule has 0 aliphatic heterocycles. The van der Waals surface area contributed by atoms with Crippen molar-refractivity contribution in [1.82, 2.24) is 14.3 Å². The average molecular weight is 250 g/mol. The first-order valence-corrected chi connectivity index (χ1v) is 5.15. The Morgan fingerprint density at radius 3 is 2.78 bits per heavy atom. The van der Waals surface area contributed by atoms with Gasteiger partial charge in [0, 0.05) is 18.2 Å². The molecule has 7 heteroatoms. The van der Waals surface area contributed by atoms with Crippen LogP contribution in [0.3, 0.4) is 0 Å². The van der Waals surface area contributed by atoms with Gasteiger partial charge in [-0.25, -0.2) is 13.9 Å². The van der Waals surface area contributed by atoms with Gasteiger partial charge >= 0.3 is 5.69 Å². The summed E-state index contributed by atoms with van der Waals surface area (Å²) in [5, 5.41) is 3.81. The standard InChI is InChI=1S/C11H11FN4O2/c1-15-6-14-16(11(15)18)5-8-4-7(10(13)17)2-3-9(8)12/h2-4,6H,5H2,1H3,(H2,13,17). The number of hydrogen-bond donors (Lipinski definition) is 1. The molecule has 0 aliphatic rings. The van der Waals surface area contributed by atoms with Crippen molar-refractivity contribution < 1.29 is 9.18 Å². The van der Waals surface area contributed by atoms with Crippen molar-refractivity contribution in [2.24, 2.45) is 12.8 Å². The average Bonchev–Trinajstić information content (AvgIpc) is 2.63. The zero-order valence-electron chi connectivity index (χ0n) is 9.63. The van der Waals surface area contributed by atoms with Crippen molar-refractivity contribution in [3.8, 4) is 0 Å². The summed E-state index contributed by atoms with van der Waals surface area (Å²) in [6.45, 7) is -0.0490. The van der Waals surface area contributed by atoms with E-state index in [2.05, 4.69) is 5.10 Å².